The maximum absolute atomic E-state index is 12.2. The lowest BCUT2D eigenvalue weighted by atomic mass is 10.2. The Balaban J connectivity index is 1.59. The van der Waals surface area contributed by atoms with Crippen molar-refractivity contribution in [1.29, 1.82) is 0 Å². The molecule has 2 aromatic heterocycles. The molecule has 0 fully saturated rings. The van der Waals surface area contributed by atoms with Crippen LogP contribution in [-0.4, -0.2) is 34.4 Å². The summed E-state index contributed by atoms with van der Waals surface area (Å²) in [7, 11) is 1.88. The highest BCUT2D eigenvalue weighted by Gasteiger charge is 2.11. The number of likely N-dealkylation sites (N-methyl/N-ethyl adjacent to an activating group) is 1. The SMILES string of the molecule is CN(CC(=O)Nc1ccc(Br)cn1)Cc1ccccc1Oc1cccnc1. The average Bonchev–Trinajstić information content (AvgIpc) is 2.66. The number of carbonyl (C=O) groups excluding carboxylic acids is 1. The van der Waals surface area contributed by atoms with Crippen LogP contribution < -0.4 is 10.1 Å². The summed E-state index contributed by atoms with van der Waals surface area (Å²) < 4.78 is 6.78. The molecule has 138 valence electrons. The van der Waals surface area contributed by atoms with Crippen LogP contribution in [0.5, 0.6) is 11.5 Å². The van der Waals surface area contributed by atoms with Crippen LogP contribution in [0.3, 0.4) is 0 Å². The van der Waals surface area contributed by atoms with Gasteiger partial charge in [-0.2, -0.15) is 0 Å². The second-order valence-electron chi connectivity index (χ2n) is 5.98. The molecule has 0 saturated heterocycles. The predicted molar refractivity (Wildman–Crippen MR) is 108 cm³/mol. The van der Waals surface area contributed by atoms with E-state index >= 15 is 0 Å². The summed E-state index contributed by atoms with van der Waals surface area (Å²) in [5.41, 5.74) is 0.985. The fourth-order valence-corrected chi connectivity index (χ4v) is 2.73. The second kappa shape index (κ2) is 9.25. The molecule has 0 radical (unpaired) electrons. The average molecular weight is 427 g/mol. The molecule has 1 N–H and O–H groups in total. The van der Waals surface area contributed by atoms with Gasteiger partial charge in [-0.05, 0) is 53.3 Å². The fraction of sp³-hybridized carbons (Fsp3) is 0.150. The first-order valence-electron chi connectivity index (χ1n) is 8.36. The Kier molecular flexibility index (Phi) is 6.51. The summed E-state index contributed by atoms with van der Waals surface area (Å²) in [4.78, 5) is 22.4. The number of aromatic nitrogens is 2. The molecule has 0 saturated carbocycles. The van der Waals surface area contributed by atoms with Crippen LogP contribution >= 0.6 is 15.9 Å². The third kappa shape index (κ3) is 5.87. The molecule has 1 amide bonds. The molecule has 27 heavy (non-hydrogen) atoms. The first-order chi connectivity index (χ1) is 13.1. The van der Waals surface area contributed by atoms with E-state index in [4.69, 9.17) is 4.74 Å². The minimum Gasteiger partial charge on any atom is -0.455 e. The van der Waals surface area contributed by atoms with Gasteiger partial charge < -0.3 is 10.1 Å². The predicted octanol–water partition coefficient (Wildman–Crippen LogP) is 4.10. The van der Waals surface area contributed by atoms with Gasteiger partial charge in [-0.3, -0.25) is 14.7 Å². The Labute approximate surface area is 166 Å². The topological polar surface area (TPSA) is 67.4 Å². The zero-order chi connectivity index (χ0) is 19.1. The van der Waals surface area contributed by atoms with Crippen LogP contribution in [0.1, 0.15) is 5.56 Å². The summed E-state index contributed by atoms with van der Waals surface area (Å²) in [6, 6.07) is 15.0. The number of pyridine rings is 2. The van der Waals surface area contributed by atoms with Gasteiger partial charge in [0.25, 0.3) is 0 Å². The minimum absolute atomic E-state index is 0.127. The van der Waals surface area contributed by atoms with E-state index < -0.39 is 0 Å². The van der Waals surface area contributed by atoms with Crippen LogP contribution in [0, 0.1) is 0 Å². The van der Waals surface area contributed by atoms with Gasteiger partial charge in [-0.15, -0.1) is 0 Å². The van der Waals surface area contributed by atoms with Crippen molar-refractivity contribution in [2.45, 2.75) is 6.54 Å². The minimum atomic E-state index is -0.127. The van der Waals surface area contributed by atoms with E-state index in [2.05, 4.69) is 31.2 Å². The molecule has 2 heterocycles. The van der Waals surface area contributed by atoms with Crippen LogP contribution in [0.15, 0.2) is 71.6 Å². The van der Waals surface area contributed by atoms with Crippen molar-refractivity contribution >= 4 is 27.7 Å². The highest BCUT2D eigenvalue weighted by atomic mass is 79.9. The number of anilines is 1. The standard InChI is InChI=1S/C20H19BrN4O2/c1-25(14-20(26)24-19-9-8-16(21)11-23-19)13-15-5-2-3-7-18(15)27-17-6-4-10-22-12-17/h2-12H,13-14H2,1H3,(H,23,24,26). The quantitative estimate of drug-likeness (QED) is 0.615. The molecule has 1 aromatic carbocycles. The first-order valence-corrected chi connectivity index (χ1v) is 9.15. The van der Waals surface area contributed by atoms with E-state index in [1.165, 1.54) is 0 Å². The zero-order valence-corrected chi connectivity index (χ0v) is 16.4. The summed E-state index contributed by atoms with van der Waals surface area (Å²) in [6.07, 6.45) is 5.01. The molecular formula is C20H19BrN4O2. The molecular weight excluding hydrogens is 408 g/mol. The van der Waals surface area contributed by atoms with Crippen LogP contribution in [0.2, 0.25) is 0 Å². The van der Waals surface area contributed by atoms with E-state index in [0.29, 0.717) is 18.1 Å². The second-order valence-corrected chi connectivity index (χ2v) is 6.90. The molecule has 0 aliphatic heterocycles. The van der Waals surface area contributed by atoms with Crippen molar-refractivity contribution in [1.82, 2.24) is 14.9 Å². The maximum Gasteiger partial charge on any atom is 0.239 e. The lowest BCUT2D eigenvalue weighted by molar-refractivity contribution is -0.117. The van der Waals surface area contributed by atoms with E-state index in [-0.39, 0.29) is 12.5 Å². The Morgan fingerprint density at radius 3 is 2.74 bits per heavy atom. The third-order valence-corrected chi connectivity index (χ3v) is 4.15. The smallest absolute Gasteiger partial charge is 0.239 e. The van der Waals surface area contributed by atoms with Crippen LogP contribution in [0.25, 0.3) is 0 Å². The number of hydrogen-bond acceptors (Lipinski definition) is 5. The lowest BCUT2D eigenvalue weighted by Crippen LogP contribution is -2.30. The van der Waals surface area contributed by atoms with Gasteiger partial charge in [0, 0.05) is 29.0 Å². The normalized spacial score (nSPS) is 10.6. The van der Waals surface area contributed by atoms with Gasteiger partial charge in [0.1, 0.15) is 17.3 Å². The highest BCUT2D eigenvalue weighted by molar-refractivity contribution is 9.10. The first kappa shape index (κ1) is 19.0. The van der Waals surface area contributed by atoms with Gasteiger partial charge in [0.15, 0.2) is 0 Å². The number of hydrogen-bond donors (Lipinski definition) is 1. The van der Waals surface area contributed by atoms with Crippen LogP contribution in [0.4, 0.5) is 5.82 Å². The monoisotopic (exact) mass is 426 g/mol. The van der Waals surface area contributed by atoms with E-state index in [9.17, 15) is 4.79 Å². The molecule has 0 aliphatic rings. The molecule has 3 aromatic rings. The highest BCUT2D eigenvalue weighted by Crippen LogP contribution is 2.25. The third-order valence-electron chi connectivity index (χ3n) is 3.68. The largest absolute Gasteiger partial charge is 0.455 e. The van der Waals surface area contributed by atoms with Crippen molar-refractivity contribution in [3.05, 3.63) is 77.2 Å². The molecule has 0 atom stereocenters. The van der Waals surface area contributed by atoms with Gasteiger partial charge in [-0.1, -0.05) is 18.2 Å². The van der Waals surface area contributed by atoms with Crippen molar-refractivity contribution in [3.63, 3.8) is 0 Å². The summed E-state index contributed by atoms with van der Waals surface area (Å²) in [5, 5.41) is 2.79. The number of amides is 1. The van der Waals surface area contributed by atoms with Gasteiger partial charge in [0.05, 0.1) is 12.7 Å². The Hall–Kier alpha value is -2.77. The molecule has 0 unspecified atom stereocenters. The van der Waals surface area contributed by atoms with Crippen molar-refractivity contribution < 1.29 is 9.53 Å². The van der Waals surface area contributed by atoms with Crippen molar-refractivity contribution in [2.75, 3.05) is 18.9 Å². The molecule has 0 bridgehead atoms. The van der Waals surface area contributed by atoms with E-state index in [1.54, 1.807) is 24.7 Å². The number of halogens is 1. The van der Waals surface area contributed by atoms with Crippen molar-refractivity contribution in [2.24, 2.45) is 0 Å². The molecule has 3 rings (SSSR count). The molecule has 0 aliphatic carbocycles. The van der Waals surface area contributed by atoms with Gasteiger partial charge in [-0.25, -0.2) is 4.98 Å². The zero-order valence-electron chi connectivity index (χ0n) is 14.8. The molecule has 7 heteroatoms. The summed E-state index contributed by atoms with van der Waals surface area (Å²) >= 11 is 3.32. The van der Waals surface area contributed by atoms with Gasteiger partial charge >= 0.3 is 0 Å². The number of rotatable bonds is 7. The maximum atomic E-state index is 12.2. The van der Waals surface area contributed by atoms with E-state index in [1.807, 2.05) is 54.4 Å². The number of para-hydroxylation sites is 1. The lowest BCUT2D eigenvalue weighted by Gasteiger charge is -2.18. The van der Waals surface area contributed by atoms with E-state index in [0.717, 1.165) is 15.8 Å². The number of benzene rings is 1. The number of carbonyl (C=O) groups is 1. The summed E-state index contributed by atoms with van der Waals surface area (Å²) in [5.74, 6) is 1.81. The number of ether oxygens (including phenoxy) is 1. The Bertz CT molecular complexity index is 888. The Morgan fingerprint density at radius 2 is 2.00 bits per heavy atom. The summed E-state index contributed by atoms with van der Waals surface area (Å²) in [6.45, 7) is 0.802. The van der Waals surface area contributed by atoms with Gasteiger partial charge in [0.2, 0.25) is 5.91 Å². The van der Waals surface area contributed by atoms with Crippen molar-refractivity contribution in [3.8, 4) is 11.5 Å². The fourth-order valence-electron chi connectivity index (χ4n) is 2.49. The van der Waals surface area contributed by atoms with Crippen LogP contribution in [-0.2, 0) is 11.3 Å². The molecule has 0 spiro atoms. The molecule has 6 nitrogen and oxygen atoms in total. The Morgan fingerprint density at radius 1 is 1.15 bits per heavy atom. The number of nitrogens with zero attached hydrogens (tertiary/aromatic N) is 3. The number of nitrogens with one attached hydrogen (secondary N) is 1.